The van der Waals surface area contributed by atoms with Crippen molar-refractivity contribution in [3.63, 3.8) is 0 Å². The SMILES string of the molecule is CCCCCCCCCc1ccc(-c2ccc(OC(=O)c3ccc(CCCCCCCC)s3)cc2)cc1. The third-order valence-corrected chi connectivity index (χ3v) is 8.19. The number of carbonyl (C=O) groups excluding carboxylic acids is 1. The second-order valence-corrected chi connectivity index (χ2v) is 11.4. The van der Waals surface area contributed by atoms with Gasteiger partial charge in [0.2, 0.25) is 0 Å². The molecule has 3 aromatic rings. The quantitative estimate of drug-likeness (QED) is 0.0950. The Morgan fingerprint density at radius 2 is 1.11 bits per heavy atom. The number of benzene rings is 2. The van der Waals surface area contributed by atoms with Crippen molar-refractivity contribution in [3.05, 3.63) is 76.0 Å². The van der Waals surface area contributed by atoms with Crippen LogP contribution in [0.4, 0.5) is 0 Å². The van der Waals surface area contributed by atoms with Crippen LogP contribution in [0.1, 0.15) is 117 Å². The van der Waals surface area contributed by atoms with E-state index in [-0.39, 0.29) is 5.97 Å². The highest BCUT2D eigenvalue weighted by Gasteiger charge is 2.12. The van der Waals surface area contributed by atoms with Crippen LogP contribution in [-0.2, 0) is 12.8 Å². The number of carbonyl (C=O) groups is 1. The van der Waals surface area contributed by atoms with E-state index in [1.807, 2.05) is 30.3 Å². The van der Waals surface area contributed by atoms with Gasteiger partial charge in [-0.3, -0.25) is 0 Å². The first-order valence-corrected chi connectivity index (χ1v) is 15.5. The molecule has 0 saturated carbocycles. The number of unbranched alkanes of at least 4 members (excludes halogenated alkanes) is 11. The lowest BCUT2D eigenvalue weighted by Gasteiger charge is -2.07. The van der Waals surface area contributed by atoms with Crippen molar-refractivity contribution in [2.24, 2.45) is 0 Å². The zero-order valence-corrected chi connectivity index (χ0v) is 23.9. The Bertz CT molecular complexity index is 1020. The molecule has 2 aromatic carbocycles. The van der Waals surface area contributed by atoms with E-state index in [0.29, 0.717) is 10.6 Å². The monoisotopic (exact) mass is 518 g/mol. The Hall–Kier alpha value is -2.39. The summed E-state index contributed by atoms with van der Waals surface area (Å²) in [4.78, 5) is 14.6. The first-order valence-electron chi connectivity index (χ1n) is 14.7. The van der Waals surface area contributed by atoms with E-state index in [0.717, 1.165) is 18.4 Å². The largest absolute Gasteiger partial charge is 0.422 e. The standard InChI is InChI=1S/C34H46O2S/c1-3-5-7-9-11-12-14-16-28-18-20-29(21-19-28)30-22-24-31(25-23-30)36-34(35)33-27-26-32(37-33)17-15-13-10-8-6-4-2/h18-27H,3-17H2,1-2H3. The van der Waals surface area contributed by atoms with Gasteiger partial charge in [-0.05, 0) is 66.6 Å². The van der Waals surface area contributed by atoms with Crippen LogP contribution >= 0.6 is 11.3 Å². The van der Waals surface area contributed by atoms with E-state index in [2.05, 4.69) is 44.2 Å². The fourth-order valence-electron chi connectivity index (χ4n) is 4.72. The molecule has 3 rings (SSSR count). The van der Waals surface area contributed by atoms with Gasteiger partial charge in [0, 0.05) is 4.88 Å². The van der Waals surface area contributed by atoms with Crippen LogP contribution in [0.25, 0.3) is 11.1 Å². The molecule has 2 nitrogen and oxygen atoms in total. The Morgan fingerprint density at radius 3 is 1.70 bits per heavy atom. The molecule has 0 aliphatic carbocycles. The fraction of sp³-hybridized carbons (Fsp3) is 0.500. The van der Waals surface area contributed by atoms with Crippen molar-refractivity contribution in [2.75, 3.05) is 0 Å². The van der Waals surface area contributed by atoms with Crippen molar-refractivity contribution in [1.82, 2.24) is 0 Å². The lowest BCUT2D eigenvalue weighted by atomic mass is 10.0. The number of hydrogen-bond donors (Lipinski definition) is 0. The van der Waals surface area contributed by atoms with Gasteiger partial charge < -0.3 is 4.74 Å². The minimum atomic E-state index is -0.262. The number of ether oxygens (including phenoxy) is 1. The van der Waals surface area contributed by atoms with Crippen molar-refractivity contribution < 1.29 is 9.53 Å². The summed E-state index contributed by atoms with van der Waals surface area (Å²) in [5.41, 5.74) is 3.74. The van der Waals surface area contributed by atoms with E-state index in [1.54, 1.807) is 11.3 Å². The van der Waals surface area contributed by atoms with Crippen LogP contribution in [0.2, 0.25) is 0 Å². The lowest BCUT2D eigenvalue weighted by molar-refractivity contribution is 0.0740. The van der Waals surface area contributed by atoms with Crippen molar-refractivity contribution in [2.45, 2.75) is 110 Å². The number of hydrogen-bond acceptors (Lipinski definition) is 3. The highest BCUT2D eigenvalue weighted by Crippen LogP contribution is 2.25. The summed E-state index contributed by atoms with van der Waals surface area (Å²) in [6.45, 7) is 4.52. The zero-order chi connectivity index (χ0) is 26.1. The third kappa shape index (κ3) is 10.9. The fourth-order valence-corrected chi connectivity index (χ4v) is 5.65. The summed E-state index contributed by atoms with van der Waals surface area (Å²) in [7, 11) is 0. The van der Waals surface area contributed by atoms with Gasteiger partial charge in [-0.25, -0.2) is 4.79 Å². The molecule has 0 amide bonds. The van der Waals surface area contributed by atoms with Gasteiger partial charge >= 0.3 is 5.97 Å². The first kappa shape index (κ1) is 29.2. The van der Waals surface area contributed by atoms with Crippen LogP contribution in [-0.4, -0.2) is 5.97 Å². The average molecular weight is 519 g/mol. The van der Waals surface area contributed by atoms with Crippen LogP contribution < -0.4 is 4.74 Å². The molecule has 200 valence electrons. The van der Waals surface area contributed by atoms with Gasteiger partial charge in [0.05, 0.1) is 0 Å². The molecular formula is C34H46O2S. The van der Waals surface area contributed by atoms with Crippen LogP contribution in [0.15, 0.2) is 60.7 Å². The first-order chi connectivity index (χ1) is 18.2. The Balaban J connectivity index is 1.40. The maximum Gasteiger partial charge on any atom is 0.353 e. The van der Waals surface area contributed by atoms with Gasteiger partial charge in [0.15, 0.2) is 0 Å². The second kappa shape index (κ2) is 17.2. The normalized spacial score (nSPS) is 11.1. The molecule has 0 aliphatic heterocycles. The van der Waals surface area contributed by atoms with Gasteiger partial charge in [-0.2, -0.15) is 0 Å². The summed E-state index contributed by atoms with van der Waals surface area (Å²) in [5.74, 6) is 0.330. The van der Waals surface area contributed by atoms with Crippen LogP contribution in [0.5, 0.6) is 5.75 Å². The predicted octanol–water partition coefficient (Wildman–Crippen LogP) is 10.8. The highest BCUT2D eigenvalue weighted by molar-refractivity contribution is 7.13. The van der Waals surface area contributed by atoms with Gasteiger partial charge in [0.25, 0.3) is 0 Å². The Morgan fingerprint density at radius 1 is 0.595 bits per heavy atom. The summed E-state index contributed by atoms with van der Waals surface area (Å²) < 4.78 is 5.65. The number of rotatable bonds is 18. The highest BCUT2D eigenvalue weighted by atomic mass is 32.1. The van der Waals surface area contributed by atoms with Gasteiger partial charge in [-0.15, -0.1) is 11.3 Å². The summed E-state index contributed by atoms with van der Waals surface area (Å²) >= 11 is 1.57. The number of aryl methyl sites for hydroxylation is 2. The predicted molar refractivity (Wildman–Crippen MR) is 160 cm³/mol. The van der Waals surface area contributed by atoms with E-state index < -0.39 is 0 Å². The van der Waals surface area contributed by atoms with E-state index in [1.165, 1.54) is 99.5 Å². The average Bonchev–Trinajstić information content (AvgIpc) is 3.40. The molecule has 1 aromatic heterocycles. The molecule has 1 heterocycles. The number of thiophene rings is 1. The second-order valence-electron chi connectivity index (χ2n) is 10.3. The molecule has 0 saturated heterocycles. The minimum absolute atomic E-state index is 0.262. The van der Waals surface area contributed by atoms with E-state index in [9.17, 15) is 4.79 Å². The zero-order valence-electron chi connectivity index (χ0n) is 23.1. The smallest absolute Gasteiger partial charge is 0.353 e. The van der Waals surface area contributed by atoms with Crippen LogP contribution in [0.3, 0.4) is 0 Å². The van der Waals surface area contributed by atoms with Crippen molar-refractivity contribution in [1.29, 1.82) is 0 Å². The minimum Gasteiger partial charge on any atom is -0.422 e. The van der Waals surface area contributed by atoms with Crippen molar-refractivity contribution in [3.8, 4) is 16.9 Å². The maximum atomic E-state index is 12.6. The van der Waals surface area contributed by atoms with Gasteiger partial charge in [-0.1, -0.05) is 121 Å². The summed E-state index contributed by atoms with van der Waals surface area (Å²) in [6, 6.07) is 20.7. The van der Waals surface area contributed by atoms with Crippen molar-refractivity contribution >= 4 is 17.3 Å². The molecule has 0 bridgehead atoms. The molecular weight excluding hydrogens is 472 g/mol. The molecule has 37 heavy (non-hydrogen) atoms. The molecule has 0 atom stereocenters. The molecule has 0 radical (unpaired) electrons. The molecule has 3 heteroatoms. The molecule has 0 N–H and O–H groups in total. The third-order valence-electron chi connectivity index (χ3n) is 7.06. The molecule has 0 spiro atoms. The van der Waals surface area contributed by atoms with Crippen LogP contribution in [0, 0.1) is 0 Å². The van der Waals surface area contributed by atoms with E-state index >= 15 is 0 Å². The molecule has 0 fully saturated rings. The Kier molecular flexibility index (Phi) is 13.5. The van der Waals surface area contributed by atoms with Gasteiger partial charge in [0.1, 0.15) is 10.6 Å². The lowest BCUT2D eigenvalue weighted by Crippen LogP contribution is -2.06. The topological polar surface area (TPSA) is 26.3 Å². The maximum absolute atomic E-state index is 12.6. The van der Waals surface area contributed by atoms with E-state index in [4.69, 9.17) is 4.74 Å². The number of esters is 1. The summed E-state index contributed by atoms with van der Waals surface area (Å²) in [6.07, 6.45) is 19.4. The summed E-state index contributed by atoms with van der Waals surface area (Å²) in [5, 5.41) is 0. The molecule has 0 aliphatic rings. The molecule has 0 unspecified atom stereocenters. The Labute approximate surface area is 229 Å².